The fourth-order valence-electron chi connectivity index (χ4n) is 1.77. The van der Waals surface area contributed by atoms with Crippen molar-refractivity contribution in [2.45, 2.75) is 18.9 Å². The molecule has 0 aromatic heterocycles. The molecule has 4 nitrogen and oxygen atoms in total. The molecule has 0 saturated heterocycles. The normalized spacial score (nSPS) is 18.2. The molecule has 0 bridgehead atoms. The molecule has 1 N–H and O–H groups in total. The Morgan fingerprint density at radius 2 is 2.06 bits per heavy atom. The number of methoxy groups -OCH3 is 1. The predicted octanol–water partition coefficient (Wildman–Crippen LogP) is 2.15. The van der Waals surface area contributed by atoms with Crippen molar-refractivity contribution in [1.29, 1.82) is 0 Å². The smallest absolute Gasteiger partial charge is 0.328 e. The van der Waals surface area contributed by atoms with Gasteiger partial charge in [0.25, 0.3) is 0 Å². The Labute approximate surface area is 106 Å². The van der Waals surface area contributed by atoms with E-state index in [9.17, 15) is 4.79 Å². The first-order valence-electron chi connectivity index (χ1n) is 5.14. The van der Waals surface area contributed by atoms with Crippen molar-refractivity contribution in [3.63, 3.8) is 0 Å². The van der Waals surface area contributed by atoms with E-state index in [1.807, 2.05) is 24.3 Å². The predicted molar refractivity (Wildman–Crippen MR) is 67.4 cm³/mol. The van der Waals surface area contributed by atoms with Gasteiger partial charge in [0.1, 0.15) is 11.8 Å². The Kier molecular flexibility index (Phi) is 4.52. The number of carbonyl (C=O) groups is 1. The summed E-state index contributed by atoms with van der Waals surface area (Å²) in [5, 5.41) is 8.83. The number of carboxylic acid groups (broad SMARTS) is 1. The van der Waals surface area contributed by atoms with Gasteiger partial charge in [-0.1, -0.05) is 0 Å². The van der Waals surface area contributed by atoms with Crippen molar-refractivity contribution in [2.75, 3.05) is 7.11 Å². The van der Waals surface area contributed by atoms with E-state index in [0.29, 0.717) is 6.42 Å². The summed E-state index contributed by atoms with van der Waals surface area (Å²) in [5.74, 6) is -0.0550. The minimum Gasteiger partial charge on any atom is -0.497 e. The molecule has 2 rings (SSSR count). The average molecular weight is 256 g/mol. The fourth-order valence-corrected chi connectivity index (χ4v) is 1.77. The van der Waals surface area contributed by atoms with Gasteiger partial charge in [-0.2, -0.15) is 0 Å². The standard InChI is InChI=1S/C12H13NO3.ClH/c1-16-9-4-2-8(3-5-9)10-6-7-11(13-10)12(14)15;/h2-5,11H,6-7H2,1H3,(H,14,15);1H. The molecule has 0 spiro atoms. The van der Waals surface area contributed by atoms with Crippen LogP contribution in [0.3, 0.4) is 0 Å². The van der Waals surface area contributed by atoms with Gasteiger partial charge in [-0.3, -0.25) is 4.99 Å². The summed E-state index contributed by atoms with van der Waals surface area (Å²) in [4.78, 5) is 14.9. The molecular formula is C12H14ClNO3. The van der Waals surface area contributed by atoms with Crippen LogP contribution in [-0.4, -0.2) is 29.9 Å². The number of rotatable bonds is 3. The maximum Gasteiger partial charge on any atom is 0.328 e. The van der Waals surface area contributed by atoms with E-state index in [2.05, 4.69) is 4.99 Å². The number of ether oxygens (including phenoxy) is 1. The summed E-state index contributed by atoms with van der Waals surface area (Å²) >= 11 is 0. The molecule has 1 heterocycles. The number of carboxylic acids is 1. The Morgan fingerprint density at radius 3 is 2.53 bits per heavy atom. The van der Waals surface area contributed by atoms with Crippen LogP contribution in [0.25, 0.3) is 0 Å². The lowest BCUT2D eigenvalue weighted by molar-refractivity contribution is -0.138. The lowest BCUT2D eigenvalue weighted by Crippen LogP contribution is -2.13. The number of halogens is 1. The van der Waals surface area contributed by atoms with Gasteiger partial charge in [0.2, 0.25) is 0 Å². The molecule has 17 heavy (non-hydrogen) atoms. The zero-order valence-corrected chi connectivity index (χ0v) is 10.2. The highest BCUT2D eigenvalue weighted by Gasteiger charge is 2.24. The Bertz CT molecular complexity index is 428. The van der Waals surface area contributed by atoms with Gasteiger partial charge in [0.15, 0.2) is 0 Å². The van der Waals surface area contributed by atoms with Gasteiger partial charge in [-0.05, 0) is 42.7 Å². The van der Waals surface area contributed by atoms with Gasteiger partial charge >= 0.3 is 5.97 Å². The second-order valence-corrected chi connectivity index (χ2v) is 3.70. The van der Waals surface area contributed by atoms with E-state index in [-0.39, 0.29) is 12.4 Å². The zero-order chi connectivity index (χ0) is 11.5. The second-order valence-electron chi connectivity index (χ2n) is 3.70. The largest absolute Gasteiger partial charge is 0.497 e. The molecule has 1 aromatic rings. The molecular weight excluding hydrogens is 242 g/mol. The van der Waals surface area contributed by atoms with Crippen molar-refractivity contribution < 1.29 is 14.6 Å². The van der Waals surface area contributed by atoms with E-state index >= 15 is 0 Å². The molecule has 0 saturated carbocycles. The maximum atomic E-state index is 10.8. The number of aliphatic imine (C=N–C) groups is 1. The third kappa shape index (κ3) is 2.97. The van der Waals surface area contributed by atoms with Crippen LogP contribution >= 0.6 is 12.4 Å². The van der Waals surface area contributed by atoms with Crippen LogP contribution < -0.4 is 4.74 Å². The molecule has 0 aliphatic carbocycles. The van der Waals surface area contributed by atoms with E-state index in [4.69, 9.17) is 9.84 Å². The molecule has 1 unspecified atom stereocenters. The van der Waals surface area contributed by atoms with Crippen molar-refractivity contribution in [2.24, 2.45) is 4.99 Å². The van der Waals surface area contributed by atoms with E-state index in [0.717, 1.165) is 23.4 Å². The quantitative estimate of drug-likeness (QED) is 0.900. The minimum absolute atomic E-state index is 0. The first-order valence-corrected chi connectivity index (χ1v) is 5.14. The van der Waals surface area contributed by atoms with Crippen molar-refractivity contribution in [1.82, 2.24) is 0 Å². The van der Waals surface area contributed by atoms with Crippen molar-refractivity contribution in [3.05, 3.63) is 29.8 Å². The molecule has 0 radical (unpaired) electrons. The van der Waals surface area contributed by atoms with Crippen molar-refractivity contribution >= 4 is 24.1 Å². The van der Waals surface area contributed by atoms with Gasteiger partial charge in [0, 0.05) is 5.71 Å². The monoisotopic (exact) mass is 255 g/mol. The lowest BCUT2D eigenvalue weighted by atomic mass is 10.1. The molecule has 0 fully saturated rings. The van der Waals surface area contributed by atoms with E-state index < -0.39 is 12.0 Å². The van der Waals surface area contributed by atoms with E-state index in [1.165, 1.54) is 0 Å². The highest BCUT2D eigenvalue weighted by molar-refractivity contribution is 6.03. The topological polar surface area (TPSA) is 58.9 Å². The highest BCUT2D eigenvalue weighted by atomic mass is 35.5. The van der Waals surface area contributed by atoms with Crippen LogP contribution in [0, 0.1) is 0 Å². The van der Waals surface area contributed by atoms with Gasteiger partial charge in [0.05, 0.1) is 7.11 Å². The zero-order valence-electron chi connectivity index (χ0n) is 9.42. The molecule has 1 aromatic carbocycles. The van der Waals surface area contributed by atoms with Crippen LogP contribution in [0.4, 0.5) is 0 Å². The lowest BCUT2D eigenvalue weighted by Gasteiger charge is -2.02. The summed E-state index contributed by atoms with van der Waals surface area (Å²) in [7, 11) is 1.61. The minimum atomic E-state index is -0.844. The molecule has 1 aliphatic heterocycles. The molecule has 1 aliphatic rings. The van der Waals surface area contributed by atoms with Crippen LogP contribution in [0.1, 0.15) is 18.4 Å². The molecule has 92 valence electrons. The van der Waals surface area contributed by atoms with Crippen LogP contribution in [-0.2, 0) is 4.79 Å². The van der Waals surface area contributed by atoms with Crippen LogP contribution in [0.5, 0.6) is 5.75 Å². The Hall–Kier alpha value is -1.55. The Morgan fingerprint density at radius 1 is 1.41 bits per heavy atom. The molecule has 0 amide bonds. The number of hydrogen-bond acceptors (Lipinski definition) is 3. The SMILES string of the molecule is COc1ccc(C2=NC(C(=O)O)CC2)cc1.Cl. The number of hydrogen-bond donors (Lipinski definition) is 1. The third-order valence-corrected chi connectivity index (χ3v) is 2.67. The molecule has 5 heteroatoms. The highest BCUT2D eigenvalue weighted by Crippen LogP contribution is 2.20. The summed E-state index contributed by atoms with van der Waals surface area (Å²) in [6.45, 7) is 0. The third-order valence-electron chi connectivity index (χ3n) is 2.67. The summed E-state index contributed by atoms with van der Waals surface area (Å²) < 4.78 is 5.06. The first-order chi connectivity index (χ1) is 7.70. The summed E-state index contributed by atoms with van der Waals surface area (Å²) in [6.07, 6.45) is 1.32. The van der Waals surface area contributed by atoms with E-state index in [1.54, 1.807) is 7.11 Å². The van der Waals surface area contributed by atoms with Crippen molar-refractivity contribution in [3.8, 4) is 5.75 Å². The Balaban J connectivity index is 0.00000144. The first kappa shape index (κ1) is 13.5. The number of nitrogens with zero attached hydrogens (tertiary/aromatic N) is 1. The average Bonchev–Trinajstić information content (AvgIpc) is 2.78. The second kappa shape index (κ2) is 5.68. The summed E-state index contributed by atoms with van der Waals surface area (Å²) in [6, 6.07) is 6.94. The fraction of sp³-hybridized carbons (Fsp3) is 0.333. The number of aliphatic carboxylic acids is 1. The van der Waals surface area contributed by atoms with Crippen LogP contribution in [0.15, 0.2) is 29.3 Å². The number of benzene rings is 1. The van der Waals surface area contributed by atoms with Gasteiger partial charge in [-0.25, -0.2) is 4.79 Å². The molecule has 1 atom stereocenters. The van der Waals surface area contributed by atoms with Crippen LogP contribution in [0.2, 0.25) is 0 Å². The van der Waals surface area contributed by atoms with Gasteiger partial charge in [-0.15, -0.1) is 12.4 Å². The summed E-state index contributed by atoms with van der Waals surface area (Å²) in [5.41, 5.74) is 1.85. The van der Waals surface area contributed by atoms with Gasteiger partial charge < -0.3 is 9.84 Å². The maximum absolute atomic E-state index is 10.8.